The highest BCUT2D eigenvalue weighted by Crippen LogP contribution is 2.37. The van der Waals surface area contributed by atoms with E-state index in [9.17, 15) is 5.11 Å². The molecule has 2 unspecified atom stereocenters. The maximum absolute atomic E-state index is 9.79. The van der Waals surface area contributed by atoms with Crippen molar-refractivity contribution in [1.29, 1.82) is 5.26 Å². The number of hydrogen-bond acceptors (Lipinski definition) is 5. The Balaban J connectivity index is 1.96. The molecule has 18 heavy (non-hydrogen) atoms. The van der Waals surface area contributed by atoms with Gasteiger partial charge < -0.3 is 10.0 Å². The molecule has 2 bridgehead atoms. The van der Waals surface area contributed by atoms with Crippen LogP contribution >= 0.6 is 0 Å². The average molecular weight is 244 g/mol. The number of rotatable bonds is 1. The average Bonchev–Trinajstić information content (AvgIpc) is 2.61. The minimum atomic E-state index is -0.195. The molecule has 0 saturated carbocycles. The summed E-state index contributed by atoms with van der Waals surface area (Å²) in [6, 6.07) is 4.43. The fourth-order valence-electron chi connectivity index (χ4n) is 3.20. The molecular weight excluding hydrogens is 228 g/mol. The SMILES string of the molecule is Cc1cc(C#N)nc(N2C3CCC2CC(O)C3)n1. The minimum Gasteiger partial charge on any atom is -0.393 e. The van der Waals surface area contributed by atoms with Crippen molar-refractivity contribution in [2.24, 2.45) is 0 Å². The molecule has 0 radical (unpaired) electrons. The predicted octanol–water partition coefficient (Wildman–Crippen LogP) is 1.15. The number of nitriles is 1. The molecule has 2 fully saturated rings. The van der Waals surface area contributed by atoms with Crippen LogP contribution in [0.2, 0.25) is 0 Å². The third-order valence-corrected chi connectivity index (χ3v) is 3.90. The summed E-state index contributed by atoms with van der Waals surface area (Å²) in [6.07, 6.45) is 3.55. The zero-order valence-corrected chi connectivity index (χ0v) is 10.4. The van der Waals surface area contributed by atoms with E-state index in [1.807, 2.05) is 6.92 Å². The molecule has 2 aliphatic heterocycles. The van der Waals surface area contributed by atoms with Crippen LogP contribution in [0.1, 0.15) is 37.1 Å². The van der Waals surface area contributed by atoms with Crippen molar-refractivity contribution in [2.45, 2.75) is 50.8 Å². The second-order valence-electron chi connectivity index (χ2n) is 5.22. The first kappa shape index (κ1) is 11.4. The standard InChI is InChI=1S/C13H16N4O/c1-8-4-9(7-14)16-13(15-8)17-10-2-3-11(17)6-12(18)5-10/h4,10-12,18H,2-3,5-6H2,1H3. The number of aliphatic hydroxyl groups is 1. The van der Waals surface area contributed by atoms with Crippen LogP contribution in [0, 0.1) is 18.3 Å². The molecule has 3 rings (SSSR count). The van der Waals surface area contributed by atoms with Crippen molar-refractivity contribution >= 4 is 5.95 Å². The van der Waals surface area contributed by atoms with Crippen molar-refractivity contribution in [2.75, 3.05) is 4.90 Å². The minimum absolute atomic E-state index is 0.195. The maximum atomic E-state index is 9.79. The van der Waals surface area contributed by atoms with Crippen LogP contribution in [-0.4, -0.2) is 33.3 Å². The first-order chi connectivity index (χ1) is 8.67. The number of piperidine rings is 1. The monoisotopic (exact) mass is 244 g/mol. The van der Waals surface area contributed by atoms with E-state index in [0.29, 0.717) is 23.7 Å². The van der Waals surface area contributed by atoms with Crippen molar-refractivity contribution in [3.8, 4) is 6.07 Å². The Hall–Kier alpha value is -1.67. The topological polar surface area (TPSA) is 73.0 Å². The van der Waals surface area contributed by atoms with Crippen molar-refractivity contribution in [1.82, 2.24) is 9.97 Å². The zero-order valence-electron chi connectivity index (χ0n) is 10.4. The molecule has 2 aliphatic rings. The van der Waals surface area contributed by atoms with E-state index in [1.165, 1.54) is 0 Å². The van der Waals surface area contributed by atoms with Gasteiger partial charge in [0.05, 0.1) is 6.10 Å². The lowest BCUT2D eigenvalue weighted by molar-refractivity contribution is 0.125. The second kappa shape index (κ2) is 4.21. The van der Waals surface area contributed by atoms with Crippen molar-refractivity contribution in [3.05, 3.63) is 17.5 Å². The molecule has 94 valence electrons. The Morgan fingerprint density at radius 3 is 2.61 bits per heavy atom. The van der Waals surface area contributed by atoms with Crippen molar-refractivity contribution in [3.63, 3.8) is 0 Å². The number of nitrogens with zero attached hydrogens (tertiary/aromatic N) is 4. The number of aliphatic hydroxyl groups excluding tert-OH is 1. The summed E-state index contributed by atoms with van der Waals surface area (Å²) in [5.41, 5.74) is 1.24. The van der Waals surface area contributed by atoms with Gasteiger partial charge in [-0.2, -0.15) is 5.26 Å². The van der Waals surface area contributed by atoms with Crippen molar-refractivity contribution < 1.29 is 5.11 Å². The van der Waals surface area contributed by atoms with Crippen LogP contribution in [0.15, 0.2) is 6.07 Å². The van der Waals surface area contributed by atoms with Crippen LogP contribution in [0.5, 0.6) is 0 Å². The van der Waals surface area contributed by atoms with Crippen LogP contribution in [0.25, 0.3) is 0 Å². The van der Waals surface area contributed by atoms with E-state index in [-0.39, 0.29) is 6.10 Å². The summed E-state index contributed by atoms with van der Waals surface area (Å²) in [4.78, 5) is 11.0. The first-order valence-corrected chi connectivity index (χ1v) is 6.39. The highest BCUT2D eigenvalue weighted by atomic mass is 16.3. The van der Waals surface area contributed by atoms with E-state index in [4.69, 9.17) is 5.26 Å². The number of hydrogen-bond donors (Lipinski definition) is 1. The fraction of sp³-hybridized carbons (Fsp3) is 0.615. The number of aryl methyl sites for hydroxylation is 1. The number of fused-ring (bicyclic) bond motifs is 2. The molecule has 2 atom stereocenters. The maximum Gasteiger partial charge on any atom is 0.227 e. The molecule has 0 spiro atoms. The van der Waals surface area contributed by atoms with Gasteiger partial charge in [0.15, 0.2) is 0 Å². The van der Waals surface area contributed by atoms with Gasteiger partial charge >= 0.3 is 0 Å². The molecule has 1 aromatic heterocycles. The molecule has 5 heteroatoms. The third kappa shape index (κ3) is 1.83. The zero-order chi connectivity index (χ0) is 12.7. The van der Waals surface area contributed by atoms with Gasteiger partial charge in [-0.3, -0.25) is 0 Å². The quantitative estimate of drug-likeness (QED) is 0.802. The number of aromatic nitrogens is 2. The van der Waals surface area contributed by atoms with Gasteiger partial charge in [-0.15, -0.1) is 0 Å². The molecule has 0 aromatic carbocycles. The highest BCUT2D eigenvalue weighted by molar-refractivity contribution is 5.41. The Kier molecular flexibility index (Phi) is 2.67. The van der Waals surface area contributed by atoms with Gasteiger partial charge in [0.1, 0.15) is 11.8 Å². The van der Waals surface area contributed by atoms with Crippen LogP contribution in [-0.2, 0) is 0 Å². The Morgan fingerprint density at radius 1 is 1.33 bits per heavy atom. The summed E-state index contributed by atoms with van der Waals surface area (Å²) in [5.74, 6) is 0.658. The highest BCUT2D eigenvalue weighted by Gasteiger charge is 2.41. The molecule has 3 heterocycles. The van der Waals surface area contributed by atoms with E-state index in [2.05, 4.69) is 20.9 Å². The Morgan fingerprint density at radius 2 is 2.00 bits per heavy atom. The molecule has 0 amide bonds. The second-order valence-corrected chi connectivity index (χ2v) is 5.22. The summed E-state index contributed by atoms with van der Waals surface area (Å²) < 4.78 is 0. The third-order valence-electron chi connectivity index (χ3n) is 3.90. The van der Waals surface area contributed by atoms with Crippen LogP contribution in [0.4, 0.5) is 5.95 Å². The summed E-state index contributed by atoms with van der Waals surface area (Å²) >= 11 is 0. The van der Waals surface area contributed by atoms with Gasteiger partial charge in [0.25, 0.3) is 0 Å². The fourth-order valence-corrected chi connectivity index (χ4v) is 3.20. The molecule has 2 saturated heterocycles. The molecule has 1 N–H and O–H groups in total. The number of anilines is 1. The smallest absolute Gasteiger partial charge is 0.227 e. The summed E-state index contributed by atoms with van der Waals surface area (Å²) in [7, 11) is 0. The normalized spacial score (nSPS) is 30.3. The Bertz CT molecular complexity index is 496. The summed E-state index contributed by atoms with van der Waals surface area (Å²) in [5, 5.41) is 18.8. The molecule has 1 aromatic rings. The van der Waals surface area contributed by atoms with Gasteiger partial charge in [-0.05, 0) is 38.7 Å². The first-order valence-electron chi connectivity index (χ1n) is 6.39. The lowest BCUT2D eigenvalue weighted by Crippen LogP contribution is -2.45. The predicted molar refractivity (Wildman–Crippen MR) is 66.0 cm³/mol. The van der Waals surface area contributed by atoms with E-state index >= 15 is 0 Å². The van der Waals surface area contributed by atoms with E-state index < -0.39 is 0 Å². The van der Waals surface area contributed by atoms with E-state index in [0.717, 1.165) is 31.4 Å². The van der Waals surface area contributed by atoms with Crippen LogP contribution in [0.3, 0.4) is 0 Å². The van der Waals surface area contributed by atoms with E-state index in [1.54, 1.807) is 6.07 Å². The van der Waals surface area contributed by atoms with Gasteiger partial charge in [-0.1, -0.05) is 0 Å². The lowest BCUT2D eigenvalue weighted by Gasteiger charge is -2.37. The van der Waals surface area contributed by atoms with Crippen LogP contribution < -0.4 is 4.90 Å². The lowest BCUT2D eigenvalue weighted by atomic mass is 10.0. The summed E-state index contributed by atoms with van der Waals surface area (Å²) in [6.45, 7) is 1.88. The Labute approximate surface area is 106 Å². The molecular formula is C13H16N4O. The van der Waals surface area contributed by atoms with Gasteiger partial charge in [-0.25, -0.2) is 9.97 Å². The van der Waals surface area contributed by atoms with Gasteiger partial charge in [0.2, 0.25) is 5.95 Å². The molecule has 5 nitrogen and oxygen atoms in total. The largest absolute Gasteiger partial charge is 0.393 e. The van der Waals surface area contributed by atoms with Gasteiger partial charge in [0, 0.05) is 17.8 Å². The molecule has 0 aliphatic carbocycles.